The first-order chi connectivity index (χ1) is 20.9. The number of nitrogens with zero attached hydrogens (tertiary/aromatic N) is 4. The number of benzene rings is 4. The molecule has 0 aliphatic carbocycles. The Morgan fingerprint density at radius 1 is 0.860 bits per heavy atom. The number of rotatable bonds is 11. The largest absolute Gasteiger partial charge is 0.497 e. The minimum atomic E-state index is -1.04. The zero-order valence-corrected chi connectivity index (χ0v) is 24.5. The van der Waals surface area contributed by atoms with Gasteiger partial charge in [-0.25, -0.2) is 4.68 Å². The minimum absolute atomic E-state index is 0.119. The summed E-state index contributed by atoms with van der Waals surface area (Å²) in [6, 6.07) is 26.4. The lowest BCUT2D eigenvalue weighted by atomic mass is 10.0. The molecule has 0 bridgehead atoms. The average molecular weight is 580 g/mol. The summed E-state index contributed by atoms with van der Waals surface area (Å²) in [5, 5.41) is 11.4. The second-order valence-corrected chi connectivity index (χ2v) is 9.92. The third kappa shape index (κ3) is 6.43. The Morgan fingerprint density at radius 2 is 1.58 bits per heavy atom. The molecule has 0 saturated heterocycles. The molecule has 1 unspecified atom stereocenters. The smallest absolute Gasteiger partial charge is 0.251 e. The molecule has 1 aromatic heterocycles. The minimum Gasteiger partial charge on any atom is -0.497 e. The van der Waals surface area contributed by atoms with Gasteiger partial charge in [0, 0.05) is 12.2 Å². The zero-order chi connectivity index (χ0) is 30.3. The number of ether oxygens (including phenoxy) is 3. The first-order valence-electron chi connectivity index (χ1n) is 13.7. The van der Waals surface area contributed by atoms with Gasteiger partial charge < -0.3 is 24.4 Å². The number of para-hydroxylation sites is 1. The summed E-state index contributed by atoms with van der Waals surface area (Å²) in [6.07, 6.45) is 0. The van der Waals surface area contributed by atoms with Crippen LogP contribution >= 0.6 is 0 Å². The van der Waals surface area contributed by atoms with Crippen molar-refractivity contribution in [3.05, 3.63) is 108 Å². The number of anilines is 1. The predicted molar refractivity (Wildman–Crippen MR) is 163 cm³/mol. The lowest BCUT2D eigenvalue weighted by Gasteiger charge is -2.32. The summed E-state index contributed by atoms with van der Waals surface area (Å²) < 4.78 is 17.8. The summed E-state index contributed by atoms with van der Waals surface area (Å²) in [6.45, 7) is 2.03. The van der Waals surface area contributed by atoms with Crippen molar-refractivity contribution in [2.75, 3.05) is 26.6 Å². The van der Waals surface area contributed by atoms with Crippen LogP contribution in [0.25, 0.3) is 11.0 Å². The highest BCUT2D eigenvalue weighted by Gasteiger charge is 2.33. The Hall–Kier alpha value is -5.38. The Bertz CT molecular complexity index is 1730. The summed E-state index contributed by atoms with van der Waals surface area (Å²) in [4.78, 5) is 30.1. The Kier molecular flexibility index (Phi) is 8.85. The van der Waals surface area contributed by atoms with Gasteiger partial charge >= 0.3 is 0 Å². The highest BCUT2D eigenvalue weighted by Crippen LogP contribution is 2.34. The molecule has 0 aliphatic heterocycles. The van der Waals surface area contributed by atoms with Gasteiger partial charge in [-0.3, -0.25) is 9.59 Å². The second-order valence-electron chi connectivity index (χ2n) is 9.92. The molecule has 4 aromatic carbocycles. The van der Waals surface area contributed by atoms with Crippen molar-refractivity contribution in [1.82, 2.24) is 19.9 Å². The van der Waals surface area contributed by atoms with Crippen molar-refractivity contribution in [2.24, 2.45) is 0 Å². The number of hydrogen-bond acceptors (Lipinski definition) is 7. The molecule has 10 heteroatoms. The van der Waals surface area contributed by atoms with Crippen LogP contribution in [0.3, 0.4) is 0 Å². The molecule has 5 aromatic rings. The fourth-order valence-corrected chi connectivity index (χ4v) is 4.93. The van der Waals surface area contributed by atoms with Gasteiger partial charge in [0.25, 0.3) is 5.91 Å². The molecule has 0 spiro atoms. The third-order valence-electron chi connectivity index (χ3n) is 7.27. The van der Waals surface area contributed by atoms with Gasteiger partial charge in [0.2, 0.25) is 5.91 Å². The van der Waals surface area contributed by atoms with E-state index < -0.39 is 11.9 Å². The first kappa shape index (κ1) is 29.1. The number of nitrogens with one attached hydrogen (secondary N) is 1. The Balaban J connectivity index is 1.60. The number of aryl methyl sites for hydroxylation is 1. The fourth-order valence-electron chi connectivity index (χ4n) is 4.93. The topological polar surface area (TPSA) is 108 Å². The van der Waals surface area contributed by atoms with Crippen molar-refractivity contribution < 1.29 is 23.8 Å². The van der Waals surface area contributed by atoms with Gasteiger partial charge in [0.15, 0.2) is 11.5 Å². The molecule has 1 heterocycles. The van der Waals surface area contributed by atoms with Crippen LogP contribution in [-0.2, 0) is 22.7 Å². The molecule has 10 nitrogen and oxygen atoms in total. The molecule has 43 heavy (non-hydrogen) atoms. The maximum absolute atomic E-state index is 14.3. The Labute approximate surface area is 249 Å². The molecule has 220 valence electrons. The summed E-state index contributed by atoms with van der Waals surface area (Å²) in [7, 11) is 4.65. The molecular formula is C33H33N5O5. The van der Waals surface area contributed by atoms with Gasteiger partial charge in [-0.2, -0.15) is 0 Å². The summed E-state index contributed by atoms with van der Waals surface area (Å²) in [5.41, 5.74) is 4.40. The number of aromatic nitrogens is 3. The number of hydrogen-bond donors (Lipinski definition) is 1. The van der Waals surface area contributed by atoms with Crippen molar-refractivity contribution in [1.29, 1.82) is 0 Å². The van der Waals surface area contributed by atoms with Gasteiger partial charge in [-0.15, -0.1) is 5.10 Å². The number of fused-ring (bicyclic) bond motifs is 1. The lowest BCUT2D eigenvalue weighted by Crippen LogP contribution is -2.42. The molecule has 0 saturated carbocycles. The first-order valence-corrected chi connectivity index (χ1v) is 13.7. The molecule has 2 amide bonds. The molecule has 0 radical (unpaired) electrons. The van der Waals surface area contributed by atoms with Crippen LogP contribution in [0.5, 0.6) is 17.2 Å². The van der Waals surface area contributed by atoms with Crippen molar-refractivity contribution in [3.8, 4) is 17.2 Å². The summed E-state index contributed by atoms with van der Waals surface area (Å²) >= 11 is 0. The standard InChI is InChI=1S/C33H33N5O5/c1-22-9-5-6-10-24(22)20-37(31(39)21-38-28-12-8-7-11-27(28)35-36-38)32(23-13-18-29(42-3)30(19-23)43-4)33(40)34-25-14-16-26(41-2)17-15-25/h5-19,32H,20-21H2,1-4H3,(H,34,40). The van der Waals surface area contributed by atoms with Crippen LogP contribution in [0.4, 0.5) is 5.69 Å². The van der Waals surface area contributed by atoms with E-state index in [-0.39, 0.29) is 19.0 Å². The number of amides is 2. The monoisotopic (exact) mass is 579 g/mol. The van der Waals surface area contributed by atoms with E-state index in [1.165, 1.54) is 7.11 Å². The number of methoxy groups -OCH3 is 3. The lowest BCUT2D eigenvalue weighted by molar-refractivity contribution is -0.140. The number of carbonyl (C=O) groups is 2. The molecule has 0 fully saturated rings. The van der Waals surface area contributed by atoms with E-state index >= 15 is 0 Å². The maximum atomic E-state index is 14.3. The average Bonchev–Trinajstić information content (AvgIpc) is 3.44. The van der Waals surface area contributed by atoms with E-state index in [0.717, 1.165) is 16.6 Å². The highest BCUT2D eigenvalue weighted by atomic mass is 16.5. The van der Waals surface area contributed by atoms with Gasteiger partial charge in [-0.1, -0.05) is 47.7 Å². The second kappa shape index (κ2) is 13.1. The van der Waals surface area contributed by atoms with E-state index in [2.05, 4.69) is 15.6 Å². The molecule has 0 aliphatic rings. The molecule has 1 N–H and O–H groups in total. The van der Waals surface area contributed by atoms with E-state index in [1.54, 1.807) is 66.3 Å². The highest BCUT2D eigenvalue weighted by molar-refractivity contribution is 5.98. The van der Waals surface area contributed by atoms with E-state index in [9.17, 15) is 9.59 Å². The van der Waals surface area contributed by atoms with Gasteiger partial charge in [-0.05, 0) is 72.1 Å². The predicted octanol–water partition coefficient (Wildman–Crippen LogP) is 5.17. The van der Waals surface area contributed by atoms with Crippen LogP contribution in [0.2, 0.25) is 0 Å². The van der Waals surface area contributed by atoms with E-state index in [0.29, 0.717) is 34.0 Å². The Morgan fingerprint density at radius 3 is 2.30 bits per heavy atom. The normalized spacial score (nSPS) is 11.5. The van der Waals surface area contributed by atoms with Crippen LogP contribution in [0, 0.1) is 6.92 Å². The van der Waals surface area contributed by atoms with Crippen LogP contribution in [0.15, 0.2) is 91.0 Å². The SMILES string of the molecule is COc1ccc(NC(=O)C(c2ccc(OC)c(OC)c2)N(Cc2ccccc2C)C(=O)Cn2nnc3ccccc32)cc1. The van der Waals surface area contributed by atoms with Crippen LogP contribution in [-0.4, -0.2) is 53.0 Å². The fraction of sp³-hybridized carbons (Fsp3) is 0.212. The molecular weight excluding hydrogens is 546 g/mol. The van der Waals surface area contributed by atoms with Crippen LogP contribution < -0.4 is 19.5 Å². The third-order valence-corrected chi connectivity index (χ3v) is 7.27. The maximum Gasteiger partial charge on any atom is 0.251 e. The van der Waals surface area contributed by atoms with E-state index in [1.807, 2.05) is 55.5 Å². The van der Waals surface area contributed by atoms with Crippen molar-refractivity contribution in [3.63, 3.8) is 0 Å². The van der Waals surface area contributed by atoms with Crippen LogP contribution in [0.1, 0.15) is 22.7 Å². The van der Waals surface area contributed by atoms with Gasteiger partial charge in [0.05, 0.1) is 26.8 Å². The van der Waals surface area contributed by atoms with E-state index in [4.69, 9.17) is 14.2 Å². The van der Waals surface area contributed by atoms with Gasteiger partial charge in [0.1, 0.15) is 23.9 Å². The zero-order valence-electron chi connectivity index (χ0n) is 24.5. The van der Waals surface area contributed by atoms with Crippen molar-refractivity contribution >= 4 is 28.5 Å². The quantitative estimate of drug-likeness (QED) is 0.230. The summed E-state index contributed by atoms with van der Waals surface area (Å²) in [5.74, 6) is 0.886. The molecule has 1 atom stereocenters. The number of carbonyl (C=O) groups excluding carboxylic acids is 2. The van der Waals surface area contributed by atoms with Crippen molar-refractivity contribution in [2.45, 2.75) is 26.1 Å². The molecule has 5 rings (SSSR count).